The Labute approximate surface area is 121 Å². The van der Waals surface area contributed by atoms with Crippen LogP contribution in [0.25, 0.3) is 0 Å². The van der Waals surface area contributed by atoms with E-state index < -0.39 is 0 Å². The zero-order valence-electron chi connectivity index (χ0n) is 12.0. The highest BCUT2D eigenvalue weighted by Gasteiger charge is 2.47. The number of likely N-dealkylation sites (tertiary alicyclic amines) is 1. The van der Waals surface area contributed by atoms with Crippen molar-refractivity contribution in [3.8, 4) is 6.07 Å². The molecule has 0 aromatic heterocycles. The fourth-order valence-corrected chi connectivity index (χ4v) is 5.07. The van der Waals surface area contributed by atoms with E-state index in [4.69, 9.17) is 5.26 Å². The minimum absolute atomic E-state index is 0.791. The Balaban J connectivity index is 1.47. The largest absolute Gasteiger partial charge is 0.298 e. The summed E-state index contributed by atoms with van der Waals surface area (Å²) < 4.78 is 0. The van der Waals surface area contributed by atoms with Gasteiger partial charge in [0.15, 0.2) is 0 Å². The Hall–Kier alpha value is -1.33. The van der Waals surface area contributed by atoms with E-state index in [1.807, 2.05) is 12.1 Å². The average molecular weight is 266 g/mol. The topological polar surface area (TPSA) is 27.0 Å². The van der Waals surface area contributed by atoms with Gasteiger partial charge >= 0.3 is 0 Å². The molecule has 1 heterocycles. The molecule has 1 saturated heterocycles. The third kappa shape index (κ3) is 2.05. The van der Waals surface area contributed by atoms with Crippen molar-refractivity contribution in [3.05, 3.63) is 35.4 Å². The predicted molar refractivity (Wildman–Crippen MR) is 78.9 cm³/mol. The average Bonchev–Trinajstić information content (AvgIpc) is 2.94. The van der Waals surface area contributed by atoms with Gasteiger partial charge in [-0.1, -0.05) is 12.1 Å². The van der Waals surface area contributed by atoms with Crippen molar-refractivity contribution in [3.63, 3.8) is 0 Å². The van der Waals surface area contributed by atoms with E-state index >= 15 is 0 Å². The second-order valence-corrected chi connectivity index (χ2v) is 7.01. The van der Waals surface area contributed by atoms with Gasteiger partial charge in [0.1, 0.15) is 0 Å². The van der Waals surface area contributed by atoms with Crippen LogP contribution in [0.15, 0.2) is 24.3 Å². The molecule has 3 saturated carbocycles. The molecule has 4 aliphatic rings. The van der Waals surface area contributed by atoms with Gasteiger partial charge in [-0.25, -0.2) is 0 Å². The summed E-state index contributed by atoms with van der Waals surface area (Å²) in [4.78, 5) is 2.64. The molecule has 0 radical (unpaired) electrons. The number of nitriles is 1. The molecule has 0 unspecified atom stereocenters. The van der Waals surface area contributed by atoms with Crippen molar-refractivity contribution < 1.29 is 0 Å². The van der Waals surface area contributed by atoms with Gasteiger partial charge in [0.05, 0.1) is 11.6 Å². The third-order valence-corrected chi connectivity index (χ3v) is 5.98. The van der Waals surface area contributed by atoms with Crippen LogP contribution in [0.2, 0.25) is 0 Å². The smallest absolute Gasteiger partial charge is 0.0991 e. The Morgan fingerprint density at radius 1 is 1.05 bits per heavy atom. The Kier molecular flexibility index (Phi) is 3.04. The molecule has 1 aliphatic heterocycles. The molecule has 20 heavy (non-hydrogen) atoms. The van der Waals surface area contributed by atoms with Crippen molar-refractivity contribution in [1.82, 2.24) is 4.90 Å². The van der Waals surface area contributed by atoms with Crippen LogP contribution in [0.3, 0.4) is 0 Å². The summed E-state index contributed by atoms with van der Waals surface area (Å²) in [6.45, 7) is 3.62. The minimum Gasteiger partial charge on any atom is -0.298 e. The lowest BCUT2D eigenvalue weighted by Gasteiger charge is -2.45. The monoisotopic (exact) mass is 266 g/mol. The van der Waals surface area contributed by atoms with Crippen LogP contribution in [-0.4, -0.2) is 18.0 Å². The summed E-state index contributed by atoms with van der Waals surface area (Å²) in [6, 6.07) is 10.4. The lowest BCUT2D eigenvalue weighted by atomic mass is 9.60. The van der Waals surface area contributed by atoms with Gasteiger partial charge in [-0.15, -0.1) is 0 Å². The van der Waals surface area contributed by atoms with E-state index in [9.17, 15) is 0 Å². The van der Waals surface area contributed by atoms with Crippen LogP contribution in [0.1, 0.15) is 36.8 Å². The number of benzene rings is 1. The molecule has 0 amide bonds. The van der Waals surface area contributed by atoms with E-state index in [0.717, 1.165) is 35.8 Å². The summed E-state index contributed by atoms with van der Waals surface area (Å²) in [7, 11) is 0. The van der Waals surface area contributed by atoms with Gasteiger partial charge in [-0.05, 0) is 67.1 Å². The molecule has 2 heteroatoms. The van der Waals surface area contributed by atoms with Crippen LogP contribution in [0.5, 0.6) is 0 Å². The van der Waals surface area contributed by atoms with Crippen molar-refractivity contribution in [2.75, 3.05) is 13.1 Å². The summed E-state index contributed by atoms with van der Waals surface area (Å²) >= 11 is 0. The van der Waals surface area contributed by atoms with E-state index in [0.29, 0.717) is 0 Å². The highest BCUT2D eigenvalue weighted by Crippen LogP contribution is 2.51. The first kappa shape index (κ1) is 12.4. The normalized spacial score (nSPS) is 35.8. The Morgan fingerprint density at radius 3 is 2.30 bits per heavy atom. The minimum atomic E-state index is 0.791. The summed E-state index contributed by atoms with van der Waals surface area (Å²) in [5.74, 6) is 3.98. The van der Waals surface area contributed by atoms with E-state index in [1.165, 1.54) is 44.3 Å². The lowest BCUT2D eigenvalue weighted by molar-refractivity contribution is 0.0577. The number of nitrogens with zero attached hydrogens (tertiary/aromatic N) is 2. The van der Waals surface area contributed by atoms with E-state index in [2.05, 4.69) is 23.1 Å². The van der Waals surface area contributed by atoms with Crippen molar-refractivity contribution in [1.29, 1.82) is 5.26 Å². The molecule has 2 nitrogen and oxygen atoms in total. The number of hydrogen-bond donors (Lipinski definition) is 0. The predicted octanol–water partition coefficient (Wildman–Crippen LogP) is 3.43. The van der Waals surface area contributed by atoms with Gasteiger partial charge in [0.25, 0.3) is 0 Å². The second kappa shape index (κ2) is 4.90. The molecular weight excluding hydrogens is 244 g/mol. The van der Waals surface area contributed by atoms with Crippen LogP contribution in [0, 0.1) is 35.0 Å². The first-order valence-corrected chi connectivity index (χ1v) is 8.05. The number of hydrogen-bond acceptors (Lipinski definition) is 2. The molecule has 4 fully saturated rings. The van der Waals surface area contributed by atoms with Gasteiger partial charge in [0, 0.05) is 19.6 Å². The fraction of sp³-hybridized carbons (Fsp3) is 0.611. The maximum Gasteiger partial charge on any atom is 0.0991 e. The first-order valence-electron chi connectivity index (χ1n) is 8.05. The van der Waals surface area contributed by atoms with E-state index in [1.54, 1.807) is 0 Å². The van der Waals surface area contributed by atoms with Crippen LogP contribution in [0.4, 0.5) is 0 Å². The van der Waals surface area contributed by atoms with Crippen molar-refractivity contribution in [2.24, 2.45) is 23.7 Å². The van der Waals surface area contributed by atoms with Crippen LogP contribution >= 0.6 is 0 Å². The van der Waals surface area contributed by atoms with Crippen LogP contribution in [-0.2, 0) is 6.54 Å². The molecule has 2 atom stereocenters. The molecular formula is C18H22N2. The van der Waals surface area contributed by atoms with E-state index in [-0.39, 0.29) is 0 Å². The highest BCUT2D eigenvalue weighted by molar-refractivity contribution is 5.32. The zero-order valence-corrected chi connectivity index (χ0v) is 12.0. The quantitative estimate of drug-likeness (QED) is 0.820. The maximum atomic E-state index is 9.01. The molecule has 0 spiro atoms. The Morgan fingerprint density at radius 2 is 1.70 bits per heavy atom. The van der Waals surface area contributed by atoms with Crippen LogP contribution < -0.4 is 0 Å². The van der Waals surface area contributed by atoms with Gasteiger partial charge < -0.3 is 0 Å². The third-order valence-electron chi connectivity index (χ3n) is 5.98. The molecule has 0 N–H and O–H groups in total. The van der Waals surface area contributed by atoms with Gasteiger partial charge in [0.2, 0.25) is 0 Å². The summed E-state index contributed by atoms with van der Waals surface area (Å²) in [5, 5.41) is 9.01. The van der Waals surface area contributed by atoms with Crippen molar-refractivity contribution >= 4 is 0 Å². The number of fused-ring (bicyclic) bond motifs is 2. The summed E-state index contributed by atoms with van der Waals surface area (Å²) in [6.07, 6.45) is 5.96. The summed E-state index contributed by atoms with van der Waals surface area (Å²) in [5.41, 5.74) is 2.09. The first-order chi connectivity index (χ1) is 9.83. The molecule has 1 aromatic carbocycles. The molecule has 2 bridgehead atoms. The Bertz CT molecular complexity index is 517. The molecule has 1 aromatic rings. The second-order valence-electron chi connectivity index (χ2n) is 7.01. The maximum absolute atomic E-state index is 9.01. The van der Waals surface area contributed by atoms with Crippen molar-refractivity contribution in [2.45, 2.75) is 32.2 Å². The highest BCUT2D eigenvalue weighted by atomic mass is 15.2. The standard InChI is InChI=1S/C18H22N2/c19-9-13-2-1-3-14(8-13)10-20-11-17-15-4-5-16(7-6-15)18(17)12-20/h1-3,8,15-18H,4-7,10-12H2/t15?,16?,17-,18+. The lowest BCUT2D eigenvalue weighted by Crippen LogP contribution is -2.38. The SMILES string of the molecule is N#Cc1cccc(CN2C[C@@H]3C4CCC(CC4)[C@@H]3C2)c1. The fourth-order valence-electron chi connectivity index (χ4n) is 5.07. The zero-order chi connectivity index (χ0) is 13.5. The van der Waals surface area contributed by atoms with Gasteiger partial charge in [-0.2, -0.15) is 5.26 Å². The molecule has 104 valence electrons. The van der Waals surface area contributed by atoms with Gasteiger partial charge in [-0.3, -0.25) is 4.90 Å². The number of rotatable bonds is 2. The molecule has 3 aliphatic carbocycles. The molecule has 5 rings (SSSR count).